The first-order chi connectivity index (χ1) is 11.1. The van der Waals surface area contributed by atoms with Crippen LogP contribution < -0.4 is 10.1 Å². The summed E-state index contributed by atoms with van der Waals surface area (Å²) in [5.74, 6) is -0.0219. The Morgan fingerprint density at radius 2 is 1.83 bits per heavy atom. The number of esters is 1. The van der Waals surface area contributed by atoms with Gasteiger partial charge in [-0.3, -0.25) is 9.59 Å². The Hall–Kier alpha value is -1.46. The summed E-state index contributed by atoms with van der Waals surface area (Å²) in [6.45, 7) is 5.69. The minimum Gasteiger partial charge on any atom is -0.495 e. The first-order valence-electron chi connectivity index (χ1n) is 7.63. The SMILES string of the molecule is COc1c(CNC(=O)CCCC(=O)OC(C)(C)C)ccc(Cl)c1Cl. The molecule has 1 amide bonds. The van der Waals surface area contributed by atoms with Gasteiger partial charge in [0.05, 0.1) is 12.1 Å². The molecule has 1 N–H and O–H groups in total. The smallest absolute Gasteiger partial charge is 0.306 e. The van der Waals surface area contributed by atoms with Gasteiger partial charge in [-0.25, -0.2) is 0 Å². The molecule has 0 spiro atoms. The number of hydrogen-bond acceptors (Lipinski definition) is 4. The van der Waals surface area contributed by atoms with Gasteiger partial charge >= 0.3 is 5.97 Å². The molecule has 0 saturated heterocycles. The molecule has 0 saturated carbocycles. The second-order valence-corrected chi connectivity index (χ2v) is 7.06. The van der Waals surface area contributed by atoms with Gasteiger partial charge in [0.15, 0.2) is 0 Å². The maximum atomic E-state index is 11.9. The number of nitrogens with one attached hydrogen (secondary N) is 1. The van der Waals surface area contributed by atoms with E-state index in [1.807, 2.05) is 20.8 Å². The van der Waals surface area contributed by atoms with Gasteiger partial charge in [0.25, 0.3) is 0 Å². The van der Waals surface area contributed by atoms with E-state index in [1.165, 1.54) is 7.11 Å². The van der Waals surface area contributed by atoms with Crippen molar-refractivity contribution in [1.82, 2.24) is 5.32 Å². The highest BCUT2D eigenvalue weighted by Crippen LogP contribution is 2.34. The van der Waals surface area contributed by atoms with Crippen LogP contribution in [0.3, 0.4) is 0 Å². The van der Waals surface area contributed by atoms with Gasteiger partial charge in [-0.2, -0.15) is 0 Å². The van der Waals surface area contributed by atoms with Gasteiger partial charge in [0.1, 0.15) is 16.4 Å². The molecule has 0 unspecified atom stereocenters. The van der Waals surface area contributed by atoms with Crippen LogP contribution in [-0.4, -0.2) is 24.6 Å². The molecular formula is C17H23Cl2NO4. The molecule has 0 aliphatic heterocycles. The molecule has 134 valence electrons. The van der Waals surface area contributed by atoms with Crippen molar-refractivity contribution in [3.63, 3.8) is 0 Å². The number of carbonyl (C=O) groups is 2. The molecule has 24 heavy (non-hydrogen) atoms. The van der Waals surface area contributed by atoms with E-state index < -0.39 is 5.60 Å². The number of amides is 1. The van der Waals surface area contributed by atoms with Crippen molar-refractivity contribution in [2.75, 3.05) is 7.11 Å². The molecule has 0 aromatic heterocycles. The molecule has 1 aromatic rings. The molecule has 0 aliphatic rings. The second kappa shape index (κ2) is 9.14. The van der Waals surface area contributed by atoms with Crippen LogP contribution in [0.5, 0.6) is 5.75 Å². The van der Waals surface area contributed by atoms with Crippen LogP contribution >= 0.6 is 23.2 Å². The lowest BCUT2D eigenvalue weighted by atomic mass is 10.1. The third-order valence-corrected chi connectivity index (χ3v) is 3.80. The van der Waals surface area contributed by atoms with Crippen molar-refractivity contribution in [2.24, 2.45) is 0 Å². The standard InChI is InChI=1S/C17H23Cl2NO4/c1-17(2,3)24-14(22)7-5-6-13(21)20-10-11-8-9-12(18)15(19)16(11)23-4/h8-9H,5-7,10H2,1-4H3,(H,20,21). The van der Waals surface area contributed by atoms with Crippen molar-refractivity contribution in [3.8, 4) is 5.75 Å². The first kappa shape index (κ1) is 20.6. The number of methoxy groups -OCH3 is 1. The van der Waals surface area contributed by atoms with Crippen molar-refractivity contribution >= 4 is 35.1 Å². The number of ether oxygens (including phenoxy) is 2. The Kier molecular flexibility index (Phi) is 7.84. The molecular weight excluding hydrogens is 353 g/mol. The number of rotatable bonds is 7. The Bertz CT molecular complexity index is 597. The average molecular weight is 376 g/mol. The van der Waals surface area contributed by atoms with Crippen LogP contribution in [0.1, 0.15) is 45.6 Å². The van der Waals surface area contributed by atoms with Crippen LogP contribution in [-0.2, 0) is 20.9 Å². The minimum absolute atomic E-state index is 0.160. The second-order valence-electron chi connectivity index (χ2n) is 6.27. The quantitative estimate of drug-likeness (QED) is 0.727. The Morgan fingerprint density at radius 3 is 2.42 bits per heavy atom. The summed E-state index contributed by atoms with van der Waals surface area (Å²) < 4.78 is 10.4. The van der Waals surface area contributed by atoms with E-state index >= 15 is 0 Å². The predicted molar refractivity (Wildman–Crippen MR) is 94.6 cm³/mol. The fraction of sp³-hybridized carbons (Fsp3) is 0.529. The molecule has 0 atom stereocenters. The minimum atomic E-state index is -0.510. The average Bonchev–Trinajstić information content (AvgIpc) is 2.46. The zero-order valence-electron chi connectivity index (χ0n) is 14.4. The molecule has 7 heteroatoms. The lowest BCUT2D eigenvalue weighted by Gasteiger charge is -2.19. The zero-order chi connectivity index (χ0) is 18.3. The van der Waals surface area contributed by atoms with E-state index in [9.17, 15) is 9.59 Å². The number of halogens is 2. The zero-order valence-corrected chi connectivity index (χ0v) is 15.9. The van der Waals surface area contributed by atoms with E-state index in [-0.39, 0.29) is 31.3 Å². The van der Waals surface area contributed by atoms with Crippen LogP contribution in [0.2, 0.25) is 10.0 Å². The normalized spacial score (nSPS) is 11.1. The number of carbonyl (C=O) groups excluding carboxylic acids is 2. The van der Waals surface area contributed by atoms with E-state index in [4.69, 9.17) is 32.7 Å². The predicted octanol–water partition coefficient (Wildman–Crippen LogP) is 4.13. The molecule has 0 aliphatic carbocycles. The maximum Gasteiger partial charge on any atom is 0.306 e. The van der Waals surface area contributed by atoms with Gasteiger partial charge in [-0.1, -0.05) is 29.3 Å². The van der Waals surface area contributed by atoms with E-state index in [0.29, 0.717) is 22.2 Å². The summed E-state index contributed by atoms with van der Waals surface area (Å²) in [5, 5.41) is 3.47. The lowest BCUT2D eigenvalue weighted by molar-refractivity contribution is -0.154. The summed E-state index contributed by atoms with van der Waals surface area (Å²) in [6, 6.07) is 3.39. The number of hydrogen-bond donors (Lipinski definition) is 1. The fourth-order valence-corrected chi connectivity index (χ4v) is 2.41. The monoisotopic (exact) mass is 375 g/mol. The fourth-order valence-electron chi connectivity index (χ4n) is 2.00. The number of benzene rings is 1. The van der Waals surface area contributed by atoms with Gasteiger partial charge in [-0.15, -0.1) is 0 Å². The highest BCUT2D eigenvalue weighted by molar-refractivity contribution is 6.43. The first-order valence-corrected chi connectivity index (χ1v) is 8.39. The van der Waals surface area contributed by atoms with Crippen molar-refractivity contribution in [1.29, 1.82) is 0 Å². The largest absolute Gasteiger partial charge is 0.495 e. The summed E-state index contributed by atoms with van der Waals surface area (Å²) >= 11 is 12.0. The van der Waals surface area contributed by atoms with Crippen LogP contribution in [0, 0.1) is 0 Å². The Labute approximate surface area is 152 Å². The van der Waals surface area contributed by atoms with Crippen LogP contribution in [0.4, 0.5) is 0 Å². The molecule has 0 fully saturated rings. The van der Waals surface area contributed by atoms with Gasteiger partial charge in [0, 0.05) is 24.9 Å². The highest BCUT2D eigenvalue weighted by Gasteiger charge is 2.16. The Balaban J connectivity index is 2.42. The van der Waals surface area contributed by atoms with E-state index in [0.717, 1.165) is 5.56 Å². The van der Waals surface area contributed by atoms with Crippen molar-refractivity contribution in [3.05, 3.63) is 27.7 Å². The van der Waals surface area contributed by atoms with Crippen LogP contribution in [0.15, 0.2) is 12.1 Å². The van der Waals surface area contributed by atoms with Gasteiger partial charge in [-0.05, 0) is 33.3 Å². The van der Waals surface area contributed by atoms with Gasteiger partial charge in [0.2, 0.25) is 5.91 Å². The summed E-state index contributed by atoms with van der Waals surface area (Å²) in [4.78, 5) is 23.4. The molecule has 0 heterocycles. The third-order valence-electron chi connectivity index (χ3n) is 3.02. The maximum absolute atomic E-state index is 11.9. The lowest BCUT2D eigenvalue weighted by Crippen LogP contribution is -2.25. The molecule has 5 nitrogen and oxygen atoms in total. The Morgan fingerprint density at radius 1 is 1.17 bits per heavy atom. The van der Waals surface area contributed by atoms with Crippen molar-refractivity contribution < 1.29 is 19.1 Å². The third kappa shape index (κ3) is 6.97. The van der Waals surface area contributed by atoms with E-state index in [2.05, 4.69) is 5.32 Å². The van der Waals surface area contributed by atoms with Crippen molar-refractivity contribution in [2.45, 2.75) is 52.2 Å². The summed E-state index contributed by atoms with van der Waals surface area (Å²) in [6.07, 6.45) is 0.878. The molecule has 0 radical (unpaired) electrons. The molecule has 1 rings (SSSR count). The summed E-state index contributed by atoms with van der Waals surface area (Å²) in [5.41, 5.74) is 0.219. The van der Waals surface area contributed by atoms with E-state index in [1.54, 1.807) is 12.1 Å². The summed E-state index contributed by atoms with van der Waals surface area (Å²) in [7, 11) is 1.49. The highest BCUT2D eigenvalue weighted by atomic mass is 35.5. The van der Waals surface area contributed by atoms with Gasteiger partial charge < -0.3 is 14.8 Å². The topological polar surface area (TPSA) is 64.6 Å². The molecule has 0 bridgehead atoms. The van der Waals surface area contributed by atoms with Crippen LogP contribution in [0.25, 0.3) is 0 Å². The molecule has 1 aromatic carbocycles.